The van der Waals surface area contributed by atoms with E-state index in [9.17, 15) is 4.79 Å². The Morgan fingerprint density at radius 3 is 2.43 bits per heavy atom. The van der Waals surface area contributed by atoms with E-state index in [-0.39, 0.29) is 16.9 Å². The topological polar surface area (TPSA) is 29.5 Å². The van der Waals surface area contributed by atoms with Gasteiger partial charge >= 0.3 is 0 Å². The molecule has 1 heterocycles. The van der Waals surface area contributed by atoms with Gasteiger partial charge in [0.25, 0.3) is 0 Å². The highest BCUT2D eigenvalue weighted by atomic mass is 32.2. The van der Waals surface area contributed by atoms with Crippen molar-refractivity contribution in [3.63, 3.8) is 0 Å². The van der Waals surface area contributed by atoms with Crippen molar-refractivity contribution >= 4 is 17.7 Å². The van der Waals surface area contributed by atoms with Crippen LogP contribution in [0.4, 0.5) is 0 Å². The van der Waals surface area contributed by atoms with E-state index in [1.54, 1.807) is 11.8 Å². The number of carbonyl (C=O) groups excluding carboxylic acids is 1. The number of amides is 1. The van der Waals surface area contributed by atoms with Gasteiger partial charge in [-0.1, -0.05) is 26.0 Å². The monoisotopic (exact) mass is 307 g/mol. The molecule has 0 saturated carbocycles. The SMILES string of the molecule is CC(C)CN1C(=O)CSC1c1ccc(OC(C)(C)C)cc1. The Balaban J connectivity index is 2.12. The lowest BCUT2D eigenvalue weighted by Gasteiger charge is -2.26. The molecular weight excluding hydrogens is 282 g/mol. The third-order valence-electron chi connectivity index (χ3n) is 3.12. The second-order valence-electron chi connectivity index (χ2n) is 6.89. The summed E-state index contributed by atoms with van der Waals surface area (Å²) in [5, 5.41) is 0.142. The minimum absolute atomic E-state index is 0.142. The molecule has 1 aromatic rings. The van der Waals surface area contributed by atoms with E-state index in [1.807, 2.05) is 37.8 Å². The summed E-state index contributed by atoms with van der Waals surface area (Å²) in [5.41, 5.74) is 0.983. The molecule has 0 spiro atoms. The molecule has 4 heteroatoms. The largest absolute Gasteiger partial charge is 0.488 e. The van der Waals surface area contributed by atoms with Gasteiger partial charge in [-0.3, -0.25) is 4.79 Å². The van der Waals surface area contributed by atoms with E-state index in [1.165, 1.54) is 5.56 Å². The molecule has 1 aliphatic heterocycles. The number of hydrogen-bond acceptors (Lipinski definition) is 3. The van der Waals surface area contributed by atoms with Crippen LogP contribution in [0.3, 0.4) is 0 Å². The molecule has 116 valence electrons. The van der Waals surface area contributed by atoms with Gasteiger partial charge in [0.05, 0.1) is 5.75 Å². The van der Waals surface area contributed by atoms with Crippen LogP contribution in [-0.2, 0) is 4.79 Å². The van der Waals surface area contributed by atoms with Gasteiger partial charge < -0.3 is 9.64 Å². The number of ether oxygens (including phenoxy) is 1. The summed E-state index contributed by atoms with van der Waals surface area (Å²) in [4.78, 5) is 14.0. The molecule has 1 aromatic carbocycles. The minimum Gasteiger partial charge on any atom is -0.488 e. The molecular formula is C17H25NO2S. The number of benzene rings is 1. The van der Waals surface area contributed by atoms with Crippen LogP contribution in [0, 0.1) is 5.92 Å². The molecule has 1 saturated heterocycles. The Morgan fingerprint density at radius 2 is 1.90 bits per heavy atom. The highest BCUT2D eigenvalue weighted by Gasteiger charge is 2.32. The molecule has 3 nitrogen and oxygen atoms in total. The summed E-state index contributed by atoms with van der Waals surface area (Å²) in [6.07, 6.45) is 0. The first-order valence-electron chi connectivity index (χ1n) is 7.46. The molecule has 2 rings (SSSR count). The average Bonchev–Trinajstić information content (AvgIpc) is 2.70. The van der Waals surface area contributed by atoms with E-state index < -0.39 is 0 Å². The van der Waals surface area contributed by atoms with Crippen molar-refractivity contribution in [3.05, 3.63) is 29.8 Å². The zero-order valence-corrected chi connectivity index (χ0v) is 14.4. The van der Waals surface area contributed by atoms with Crippen molar-refractivity contribution < 1.29 is 9.53 Å². The molecule has 1 fully saturated rings. The van der Waals surface area contributed by atoms with E-state index in [0.717, 1.165) is 12.3 Å². The van der Waals surface area contributed by atoms with Gasteiger partial charge in [-0.2, -0.15) is 0 Å². The standard InChI is InChI=1S/C17H25NO2S/c1-12(2)10-18-15(19)11-21-16(18)13-6-8-14(9-7-13)20-17(3,4)5/h6-9,12,16H,10-11H2,1-5H3. The normalized spacial score (nSPS) is 19.4. The maximum atomic E-state index is 12.0. The lowest BCUT2D eigenvalue weighted by Crippen LogP contribution is -2.31. The van der Waals surface area contributed by atoms with Crippen molar-refractivity contribution in [2.24, 2.45) is 5.92 Å². The summed E-state index contributed by atoms with van der Waals surface area (Å²) in [6.45, 7) is 11.2. The van der Waals surface area contributed by atoms with Crippen LogP contribution < -0.4 is 4.74 Å². The molecule has 1 amide bonds. The Kier molecular flexibility index (Phi) is 4.87. The Labute approximate surface area is 132 Å². The molecule has 1 unspecified atom stereocenters. The fourth-order valence-electron chi connectivity index (χ4n) is 2.38. The predicted octanol–water partition coefficient (Wildman–Crippen LogP) is 4.09. The second-order valence-corrected chi connectivity index (χ2v) is 7.96. The van der Waals surface area contributed by atoms with Crippen LogP contribution >= 0.6 is 11.8 Å². The van der Waals surface area contributed by atoms with E-state index in [0.29, 0.717) is 11.7 Å². The predicted molar refractivity (Wildman–Crippen MR) is 88.6 cm³/mol. The van der Waals surface area contributed by atoms with Crippen LogP contribution in [-0.4, -0.2) is 28.7 Å². The second kappa shape index (κ2) is 6.30. The zero-order chi connectivity index (χ0) is 15.6. The number of rotatable bonds is 4. The van der Waals surface area contributed by atoms with Gasteiger partial charge in [0.1, 0.15) is 16.7 Å². The van der Waals surface area contributed by atoms with E-state index in [4.69, 9.17) is 4.74 Å². The van der Waals surface area contributed by atoms with Gasteiger partial charge in [0.15, 0.2) is 0 Å². The smallest absolute Gasteiger partial charge is 0.233 e. The van der Waals surface area contributed by atoms with Crippen LogP contribution in [0.5, 0.6) is 5.75 Å². The first-order chi connectivity index (χ1) is 9.76. The molecule has 0 radical (unpaired) electrons. The van der Waals surface area contributed by atoms with Crippen molar-refractivity contribution in [1.82, 2.24) is 4.90 Å². The van der Waals surface area contributed by atoms with Gasteiger partial charge in [0.2, 0.25) is 5.91 Å². The average molecular weight is 307 g/mol. The fraction of sp³-hybridized carbons (Fsp3) is 0.588. The number of carbonyl (C=O) groups is 1. The van der Waals surface area contributed by atoms with Crippen molar-refractivity contribution in [2.75, 3.05) is 12.3 Å². The quantitative estimate of drug-likeness (QED) is 0.839. The van der Waals surface area contributed by atoms with Crippen molar-refractivity contribution in [3.8, 4) is 5.75 Å². The van der Waals surface area contributed by atoms with Crippen molar-refractivity contribution in [1.29, 1.82) is 0 Å². The highest BCUT2D eigenvalue weighted by molar-refractivity contribution is 8.00. The third-order valence-corrected chi connectivity index (χ3v) is 4.38. The minimum atomic E-state index is -0.191. The van der Waals surface area contributed by atoms with Crippen LogP contribution in [0.2, 0.25) is 0 Å². The van der Waals surface area contributed by atoms with E-state index >= 15 is 0 Å². The molecule has 1 atom stereocenters. The lowest BCUT2D eigenvalue weighted by atomic mass is 10.1. The summed E-state index contributed by atoms with van der Waals surface area (Å²) in [5.74, 6) is 2.18. The molecule has 0 aliphatic carbocycles. The fourth-order valence-corrected chi connectivity index (χ4v) is 3.57. The van der Waals surface area contributed by atoms with Gasteiger partial charge in [-0.15, -0.1) is 11.8 Å². The molecule has 0 N–H and O–H groups in total. The van der Waals surface area contributed by atoms with Crippen molar-refractivity contribution in [2.45, 2.75) is 45.6 Å². The van der Waals surface area contributed by atoms with Gasteiger partial charge in [-0.25, -0.2) is 0 Å². The summed E-state index contributed by atoms with van der Waals surface area (Å²) in [6, 6.07) is 8.14. The van der Waals surface area contributed by atoms with Gasteiger partial charge in [0, 0.05) is 6.54 Å². The Bertz CT molecular complexity index is 491. The highest BCUT2D eigenvalue weighted by Crippen LogP contribution is 2.39. The third kappa shape index (κ3) is 4.40. The lowest BCUT2D eigenvalue weighted by molar-refractivity contribution is -0.128. The van der Waals surface area contributed by atoms with Crippen LogP contribution in [0.25, 0.3) is 0 Å². The molecule has 21 heavy (non-hydrogen) atoms. The summed E-state index contributed by atoms with van der Waals surface area (Å²) < 4.78 is 5.84. The zero-order valence-electron chi connectivity index (χ0n) is 13.6. The summed E-state index contributed by atoms with van der Waals surface area (Å²) >= 11 is 1.71. The molecule has 1 aliphatic rings. The molecule has 0 aromatic heterocycles. The van der Waals surface area contributed by atoms with Crippen LogP contribution in [0.1, 0.15) is 45.6 Å². The Morgan fingerprint density at radius 1 is 1.29 bits per heavy atom. The van der Waals surface area contributed by atoms with Gasteiger partial charge in [-0.05, 0) is 44.4 Å². The Hall–Kier alpha value is -1.16. The first-order valence-corrected chi connectivity index (χ1v) is 8.51. The van der Waals surface area contributed by atoms with Crippen LogP contribution in [0.15, 0.2) is 24.3 Å². The number of nitrogens with zero attached hydrogens (tertiary/aromatic N) is 1. The number of thioether (sulfide) groups is 1. The maximum absolute atomic E-state index is 12.0. The van der Waals surface area contributed by atoms with E-state index in [2.05, 4.69) is 26.0 Å². The summed E-state index contributed by atoms with van der Waals surface area (Å²) in [7, 11) is 0. The maximum Gasteiger partial charge on any atom is 0.233 e. The number of hydrogen-bond donors (Lipinski definition) is 0. The molecule has 0 bridgehead atoms. The first kappa shape index (κ1) is 16.2.